The van der Waals surface area contributed by atoms with Crippen molar-refractivity contribution in [3.05, 3.63) is 47.6 Å². The number of fused-ring (bicyclic) bond motifs is 3. The van der Waals surface area contributed by atoms with Crippen molar-refractivity contribution in [3.8, 4) is 17.4 Å². The summed E-state index contributed by atoms with van der Waals surface area (Å²) >= 11 is 6.08. The molecular weight excluding hydrogens is 323 g/mol. The number of hydrogen-bond acceptors (Lipinski definition) is 5. The number of benzene rings is 2. The third kappa shape index (κ3) is 1.90. The maximum atomic E-state index is 14.3. The van der Waals surface area contributed by atoms with Crippen LogP contribution in [0.4, 0.5) is 4.39 Å². The third-order valence-corrected chi connectivity index (χ3v) is 3.85. The molecule has 0 radical (unpaired) electrons. The van der Waals surface area contributed by atoms with Gasteiger partial charge in [-0.3, -0.25) is 4.57 Å². The Morgan fingerprint density at radius 3 is 2.74 bits per heavy atom. The van der Waals surface area contributed by atoms with Gasteiger partial charge >= 0.3 is 0 Å². The molecule has 0 bridgehead atoms. The number of para-hydroxylation sites is 1. The maximum Gasteiger partial charge on any atom is 0.299 e. The van der Waals surface area contributed by atoms with Crippen LogP contribution in [-0.4, -0.2) is 29.7 Å². The second-order valence-corrected chi connectivity index (χ2v) is 5.27. The van der Waals surface area contributed by atoms with Crippen molar-refractivity contribution in [3.63, 3.8) is 0 Å². The average Bonchev–Trinajstić information content (AvgIpc) is 2.97. The van der Waals surface area contributed by atoms with E-state index in [0.717, 1.165) is 4.57 Å². The van der Waals surface area contributed by atoms with E-state index < -0.39 is 11.8 Å². The van der Waals surface area contributed by atoms with Crippen LogP contribution in [-0.2, 0) is 0 Å². The minimum Gasteiger partial charge on any atom is -0.506 e. The normalized spacial score (nSPS) is 11.4. The minimum atomic E-state index is -0.666. The Labute approximate surface area is 133 Å². The second-order valence-electron chi connectivity index (χ2n) is 4.86. The SMILES string of the molecule is Oc1cc2ncnc2c2cnc(O)n(-c3c(F)cccc3Cl)c12. The predicted molar refractivity (Wildman–Crippen MR) is 82.5 cm³/mol. The molecule has 0 aliphatic heterocycles. The van der Waals surface area contributed by atoms with Gasteiger partial charge in [-0.05, 0) is 12.1 Å². The van der Waals surface area contributed by atoms with Crippen LogP contribution in [0.1, 0.15) is 0 Å². The molecule has 2 heterocycles. The number of imidazole rings is 1. The van der Waals surface area contributed by atoms with E-state index in [2.05, 4.69) is 15.0 Å². The lowest BCUT2D eigenvalue weighted by Crippen LogP contribution is -2.04. The lowest BCUT2D eigenvalue weighted by Gasteiger charge is -2.15. The van der Waals surface area contributed by atoms with E-state index in [9.17, 15) is 14.6 Å². The van der Waals surface area contributed by atoms with Gasteiger partial charge in [-0.25, -0.2) is 19.3 Å². The lowest BCUT2D eigenvalue weighted by molar-refractivity contribution is 0.413. The van der Waals surface area contributed by atoms with Crippen LogP contribution in [0, 0.1) is 5.82 Å². The smallest absolute Gasteiger partial charge is 0.299 e. The molecule has 2 aromatic heterocycles. The Morgan fingerprint density at radius 2 is 1.96 bits per heavy atom. The minimum absolute atomic E-state index is 0.0627. The molecule has 0 amide bonds. The number of phenols is 1. The van der Waals surface area contributed by atoms with E-state index in [1.54, 1.807) is 0 Å². The number of phenolic OH excluding ortho intramolecular Hbond substituents is 1. The van der Waals surface area contributed by atoms with Gasteiger partial charge in [0.05, 0.1) is 10.5 Å². The van der Waals surface area contributed by atoms with Crippen molar-refractivity contribution < 1.29 is 14.6 Å². The van der Waals surface area contributed by atoms with E-state index in [4.69, 9.17) is 11.6 Å². The lowest BCUT2D eigenvalue weighted by atomic mass is 10.1. The molecule has 2 N–H and O–H groups in total. The highest BCUT2D eigenvalue weighted by Gasteiger charge is 2.20. The van der Waals surface area contributed by atoms with Crippen LogP contribution in [0.5, 0.6) is 11.8 Å². The van der Waals surface area contributed by atoms with E-state index in [0.29, 0.717) is 16.4 Å². The molecule has 0 spiro atoms. The summed E-state index contributed by atoms with van der Waals surface area (Å²) in [6.07, 6.45) is 2.68. The Bertz CT molecular complexity index is 1060. The predicted octanol–water partition coefficient (Wildman–Crippen LogP) is 3.17. The monoisotopic (exact) mass is 330 g/mol. The zero-order chi connectivity index (χ0) is 16.1. The van der Waals surface area contributed by atoms with Crippen LogP contribution >= 0.6 is 11.6 Å². The first-order chi connectivity index (χ1) is 11.1. The summed E-state index contributed by atoms with van der Waals surface area (Å²) in [5, 5.41) is 21.0. The maximum absolute atomic E-state index is 14.3. The van der Waals surface area contributed by atoms with Crippen molar-refractivity contribution in [1.29, 1.82) is 0 Å². The molecule has 0 aliphatic carbocycles. The number of aromatic nitrogens is 4. The Balaban J connectivity index is 2.25. The highest BCUT2D eigenvalue weighted by Crippen LogP contribution is 2.37. The zero-order valence-electron chi connectivity index (χ0n) is 11.4. The Kier molecular flexibility index (Phi) is 2.85. The molecule has 114 valence electrons. The fourth-order valence-electron chi connectivity index (χ4n) is 2.59. The average molecular weight is 331 g/mol. The first-order valence-corrected chi connectivity index (χ1v) is 6.93. The number of nitrogens with zero attached hydrogens (tertiary/aromatic N) is 4. The van der Waals surface area contributed by atoms with Crippen molar-refractivity contribution in [1.82, 2.24) is 19.5 Å². The number of aromatic hydroxyl groups is 2. The fourth-order valence-corrected chi connectivity index (χ4v) is 2.84. The molecule has 0 aliphatic rings. The van der Waals surface area contributed by atoms with E-state index in [1.807, 2.05) is 0 Å². The number of halogens is 2. The molecule has 2 aromatic carbocycles. The van der Waals surface area contributed by atoms with Crippen LogP contribution in [0.15, 0.2) is 36.8 Å². The summed E-state index contributed by atoms with van der Waals surface area (Å²) in [7, 11) is 0. The summed E-state index contributed by atoms with van der Waals surface area (Å²) in [5.74, 6) is -0.870. The highest BCUT2D eigenvalue weighted by molar-refractivity contribution is 6.32. The molecule has 0 saturated heterocycles. The Morgan fingerprint density at radius 1 is 1.13 bits per heavy atom. The molecule has 8 heteroatoms. The van der Waals surface area contributed by atoms with E-state index in [-0.39, 0.29) is 22.0 Å². The van der Waals surface area contributed by atoms with Crippen LogP contribution in [0.2, 0.25) is 5.02 Å². The van der Waals surface area contributed by atoms with Gasteiger partial charge in [0, 0.05) is 17.6 Å². The van der Waals surface area contributed by atoms with Crippen molar-refractivity contribution >= 4 is 33.5 Å². The molecule has 4 aromatic rings. The third-order valence-electron chi connectivity index (χ3n) is 3.55. The van der Waals surface area contributed by atoms with Crippen LogP contribution in [0.3, 0.4) is 0 Å². The van der Waals surface area contributed by atoms with Gasteiger partial charge in [0.1, 0.15) is 34.6 Å². The Hall–Kier alpha value is -2.93. The second kappa shape index (κ2) is 4.79. The summed E-state index contributed by atoms with van der Waals surface area (Å²) in [6, 6.07) is 4.99. The molecule has 0 atom stereocenters. The van der Waals surface area contributed by atoms with Gasteiger partial charge in [0.25, 0.3) is 6.01 Å². The van der Waals surface area contributed by atoms with E-state index >= 15 is 0 Å². The van der Waals surface area contributed by atoms with Gasteiger partial charge in [0.15, 0.2) is 0 Å². The molecule has 0 fully saturated rings. The van der Waals surface area contributed by atoms with Gasteiger partial charge in [-0.15, -0.1) is 0 Å². The van der Waals surface area contributed by atoms with E-state index in [1.165, 1.54) is 36.8 Å². The summed E-state index contributed by atoms with van der Waals surface area (Å²) < 4.78 is 15.3. The van der Waals surface area contributed by atoms with Gasteiger partial charge in [-0.2, -0.15) is 0 Å². The standard InChI is InChI=1S/C15H8ClFN4O2/c16-8-2-1-3-9(17)14(8)21-13-7(5-18-15(21)23)12-10(4-11(13)22)19-6-20-12/h1-6,22H,(H,18,23). The molecule has 0 saturated carbocycles. The summed E-state index contributed by atoms with van der Waals surface area (Å²) in [6.45, 7) is 0. The molecule has 6 nitrogen and oxygen atoms in total. The van der Waals surface area contributed by atoms with Gasteiger partial charge in [0.2, 0.25) is 0 Å². The van der Waals surface area contributed by atoms with Gasteiger partial charge in [-0.1, -0.05) is 17.7 Å². The largest absolute Gasteiger partial charge is 0.506 e. The summed E-state index contributed by atoms with van der Waals surface area (Å²) in [5.41, 5.74) is 0.969. The first-order valence-electron chi connectivity index (χ1n) is 6.55. The fraction of sp³-hybridized carbons (Fsp3) is 0. The highest BCUT2D eigenvalue weighted by atomic mass is 35.5. The van der Waals surface area contributed by atoms with Crippen LogP contribution < -0.4 is 0 Å². The molecule has 4 rings (SSSR count). The molecular formula is C15H8ClFN4O2. The number of hydrogen-bond donors (Lipinski definition) is 2. The summed E-state index contributed by atoms with van der Waals surface area (Å²) in [4.78, 5) is 12.0. The topological polar surface area (TPSA) is 84.1 Å². The molecule has 0 unspecified atom stereocenters. The van der Waals surface area contributed by atoms with Gasteiger partial charge < -0.3 is 10.2 Å². The van der Waals surface area contributed by atoms with Crippen molar-refractivity contribution in [2.45, 2.75) is 0 Å². The number of rotatable bonds is 1. The quantitative estimate of drug-likeness (QED) is 0.560. The molecule has 23 heavy (non-hydrogen) atoms. The van der Waals surface area contributed by atoms with Crippen molar-refractivity contribution in [2.24, 2.45) is 0 Å². The first kappa shape index (κ1) is 13.7. The van der Waals surface area contributed by atoms with Crippen molar-refractivity contribution in [2.75, 3.05) is 0 Å². The van der Waals surface area contributed by atoms with Crippen LogP contribution in [0.25, 0.3) is 27.6 Å². The zero-order valence-corrected chi connectivity index (χ0v) is 12.2.